The first-order valence-electron chi connectivity index (χ1n) is 5.41. The van der Waals surface area contributed by atoms with E-state index in [4.69, 9.17) is 0 Å². The van der Waals surface area contributed by atoms with Gasteiger partial charge in [-0.15, -0.1) is 11.8 Å². The molecule has 0 aliphatic carbocycles. The van der Waals surface area contributed by atoms with E-state index in [1.54, 1.807) is 11.5 Å². The topological polar surface area (TPSA) is 80.5 Å². The van der Waals surface area contributed by atoms with E-state index >= 15 is 0 Å². The van der Waals surface area contributed by atoms with Gasteiger partial charge < -0.3 is 0 Å². The number of hydrogen-bond acceptors (Lipinski definition) is 5. The van der Waals surface area contributed by atoms with E-state index in [0.29, 0.717) is 0 Å². The third-order valence-corrected chi connectivity index (χ3v) is 3.68. The number of thioether (sulfide) groups is 1. The van der Waals surface area contributed by atoms with Crippen LogP contribution in [0.3, 0.4) is 0 Å². The van der Waals surface area contributed by atoms with Gasteiger partial charge in [0.1, 0.15) is 10.9 Å². The van der Waals surface area contributed by atoms with Gasteiger partial charge in [0.05, 0.1) is 4.92 Å². The number of nitro benzene ring substituents is 1. The van der Waals surface area contributed by atoms with Gasteiger partial charge in [0, 0.05) is 12.3 Å². The summed E-state index contributed by atoms with van der Waals surface area (Å²) in [6.07, 6.45) is 1.44. The average Bonchev–Trinajstić information content (AvgIpc) is 2.38. The number of nitrogens with zero attached hydrogens (tertiary/aromatic N) is 2. The predicted octanol–water partition coefficient (Wildman–Crippen LogP) is 2.10. The van der Waals surface area contributed by atoms with Crippen LogP contribution in [0.2, 0.25) is 0 Å². The third kappa shape index (κ3) is 2.50. The molecular formula is C12H10N2O4S. The number of rotatable bonds is 3. The number of para-hydroxylation sites is 2. The first kappa shape index (κ1) is 13.3. The average molecular weight is 278 g/mol. The van der Waals surface area contributed by atoms with E-state index < -0.39 is 16.1 Å². The van der Waals surface area contributed by atoms with E-state index in [0.717, 1.165) is 16.7 Å². The van der Waals surface area contributed by atoms with E-state index in [2.05, 4.69) is 0 Å². The normalized spacial score (nSPS) is 18.5. The summed E-state index contributed by atoms with van der Waals surface area (Å²) in [6, 6.07) is 5.93. The van der Waals surface area contributed by atoms with Crippen LogP contribution in [0.1, 0.15) is 6.92 Å². The van der Waals surface area contributed by atoms with E-state index in [9.17, 15) is 19.7 Å². The molecule has 1 amide bonds. The Hall–Kier alpha value is -2.15. The molecule has 0 bridgehead atoms. The van der Waals surface area contributed by atoms with Crippen molar-refractivity contribution in [2.45, 2.75) is 12.2 Å². The van der Waals surface area contributed by atoms with Crippen LogP contribution in [0.15, 0.2) is 35.9 Å². The number of hydrogen-bond donors (Lipinski definition) is 0. The van der Waals surface area contributed by atoms with Crippen molar-refractivity contribution in [3.63, 3.8) is 0 Å². The van der Waals surface area contributed by atoms with Crippen LogP contribution < -0.4 is 4.90 Å². The van der Waals surface area contributed by atoms with Crippen molar-refractivity contribution in [1.82, 2.24) is 0 Å². The van der Waals surface area contributed by atoms with Gasteiger partial charge in [-0.05, 0) is 18.4 Å². The van der Waals surface area contributed by atoms with Gasteiger partial charge >= 0.3 is 0 Å². The zero-order chi connectivity index (χ0) is 14.0. The van der Waals surface area contributed by atoms with Crippen molar-refractivity contribution in [2.75, 3.05) is 4.90 Å². The second-order valence-corrected chi connectivity index (χ2v) is 4.88. The lowest BCUT2D eigenvalue weighted by molar-refractivity contribution is -0.384. The number of carbonyl (C=O) groups is 2. The van der Waals surface area contributed by atoms with Crippen LogP contribution >= 0.6 is 11.8 Å². The van der Waals surface area contributed by atoms with Gasteiger partial charge in [-0.1, -0.05) is 12.1 Å². The molecular weight excluding hydrogens is 268 g/mol. The number of Topliss-reactive ketones (excluding diaryl/α,β-unsaturated/α-hetero) is 1. The third-order valence-electron chi connectivity index (χ3n) is 2.59. The Kier molecular flexibility index (Phi) is 3.66. The minimum absolute atomic E-state index is 0.167. The maximum atomic E-state index is 12.2. The SMILES string of the molecule is CC(=O)C1SC=CN(c2ccccc2[N+](=O)[O-])C1=O. The molecule has 1 heterocycles. The maximum Gasteiger partial charge on any atom is 0.293 e. The highest BCUT2D eigenvalue weighted by Crippen LogP contribution is 2.32. The predicted molar refractivity (Wildman–Crippen MR) is 71.8 cm³/mol. The molecule has 0 radical (unpaired) electrons. The van der Waals surface area contributed by atoms with Crippen molar-refractivity contribution in [1.29, 1.82) is 0 Å². The van der Waals surface area contributed by atoms with Crippen LogP contribution in [0.5, 0.6) is 0 Å². The Morgan fingerprint density at radius 3 is 2.74 bits per heavy atom. The Morgan fingerprint density at radius 2 is 2.11 bits per heavy atom. The first-order chi connectivity index (χ1) is 9.02. The summed E-state index contributed by atoms with van der Waals surface area (Å²) in [4.78, 5) is 35.1. The van der Waals surface area contributed by atoms with Gasteiger partial charge in [-0.2, -0.15) is 0 Å². The molecule has 1 aliphatic rings. The number of anilines is 1. The summed E-state index contributed by atoms with van der Waals surface area (Å²) in [5, 5.41) is 11.7. The van der Waals surface area contributed by atoms with Crippen LogP contribution in [0.25, 0.3) is 0 Å². The van der Waals surface area contributed by atoms with Gasteiger partial charge in [0.25, 0.3) is 11.6 Å². The van der Waals surface area contributed by atoms with Crippen molar-refractivity contribution in [3.05, 3.63) is 46.0 Å². The summed E-state index contributed by atoms with van der Waals surface area (Å²) >= 11 is 1.10. The number of amides is 1. The Balaban J connectivity index is 2.45. The number of carbonyl (C=O) groups excluding carboxylic acids is 2. The molecule has 1 aromatic carbocycles. The molecule has 0 saturated carbocycles. The fourth-order valence-corrected chi connectivity index (χ4v) is 2.49. The first-order valence-corrected chi connectivity index (χ1v) is 6.35. The molecule has 1 atom stereocenters. The lowest BCUT2D eigenvalue weighted by Gasteiger charge is -2.25. The summed E-state index contributed by atoms with van der Waals surface area (Å²) in [7, 11) is 0. The molecule has 0 saturated heterocycles. The molecule has 1 unspecified atom stereocenters. The standard InChI is InChI=1S/C12H10N2O4S/c1-8(15)11-12(16)13(6-7-19-11)9-4-2-3-5-10(9)14(17)18/h2-7,11H,1H3. The Morgan fingerprint density at radius 1 is 1.42 bits per heavy atom. The Bertz CT molecular complexity index is 585. The summed E-state index contributed by atoms with van der Waals surface area (Å²) < 4.78 is 0. The summed E-state index contributed by atoms with van der Waals surface area (Å²) in [6.45, 7) is 1.33. The quantitative estimate of drug-likeness (QED) is 0.480. The number of benzene rings is 1. The molecule has 1 aromatic rings. The fourth-order valence-electron chi connectivity index (χ4n) is 1.72. The molecule has 7 heteroatoms. The van der Waals surface area contributed by atoms with E-state index in [1.165, 1.54) is 31.3 Å². The van der Waals surface area contributed by atoms with Crippen LogP contribution in [0.4, 0.5) is 11.4 Å². The highest BCUT2D eigenvalue weighted by atomic mass is 32.2. The van der Waals surface area contributed by atoms with E-state index in [-0.39, 0.29) is 17.2 Å². The van der Waals surface area contributed by atoms with Crippen LogP contribution in [-0.4, -0.2) is 21.9 Å². The molecule has 1 aliphatic heterocycles. The maximum absolute atomic E-state index is 12.2. The molecule has 0 fully saturated rings. The molecule has 98 valence electrons. The highest BCUT2D eigenvalue weighted by molar-refractivity contribution is 8.04. The second-order valence-electron chi connectivity index (χ2n) is 3.87. The van der Waals surface area contributed by atoms with E-state index in [1.807, 2.05) is 0 Å². The molecule has 0 N–H and O–H groups in total. The highest BCUT2D eigenvalue weighted by Gasteiger charge is 2.33. The minimum Gasteiger partial charge on any atom is -0.298 e. The summed E-state index contributed by atoms with van der Waals surface area (Å²) in [5.74, 6) is -0.739. The van der Waals surface area contributed by atoms with Crippen molar-refractivity contribution >= 4 is 34.8 Å². The van der Waals surface area contributed by atoms with Gasteiger partial charge in [0.15, 0.2) is 5.78 Å². The Labute approximate surface area is 113 Å². The lowest BCUT2D eigenvalue weighted by atomic mass is 10.2. The monoisotopic (exact) mass is 278 g/mol. The van der Waals surface area contributed by atoms with Gasteiger partial charge in [0.2, 0.25) is 0 Å². The minimum atomic E-state index is -0.843. The smallest absolute Gasteiger partial charge is 0.293 e. The van der Waals surface area contributed by atoms with Crippen LogP contribution in [-0.2, 0) is 9.59 Å². The van der Waals surface area contributed by atoms with Gasteiger partial charge in [-0.25, -0.2) is 0 Å². The van der Waals surface area contributed by atoms with Crippen molar-refractivity contribution in [3.8, 4) is 0 Å². The fraction of sp³-hybridized carbons (Fsp3) is 0.167. The lowest BCUT2D eigenvalue weighted by Crippen LogP contribution is -2.39. The molecule has 6 nitrogen and oxygen atoms in total. The largest absolute Gasteiger partial charge is 0.298 e. The van der Waals surface area contributed by atoms with Crippen molar-refractivity contribution < 1.29 is 14.5 Å². The number of ketones is 1. The zero-order valence-electron chi connectivity index (χ0n) is 9.98. The molecule has 0 aromatic heterocycles. The van der Waals surface area contributed by atoms with Crippen molar-refractivity contribution in [2.24, 2.45) is 0 Å². The molecule has 0 spiro atoms. The second kappa shape index (κ2) is 5.23. The molecule has 2 rings (SSSR count). The summed E-state index contributed by atoms with van der Waals surface area (Å²) in [5.41, 5.74) is -0.00463. The van der Waals surface area contributed by atoms with Gasteiger partial charge in [-0.3, -0.25) is 24.6 Å². The number of nitro groups is 1. The zero-order valence-corrected chi connectivity index (χ0v) is 10.8. The molecule has 19 heavy (non-hydrogen) atoms. The van der Waals surface area contributed by atoms with Crippen LogP contribution in [0, 0.1) is 10.1 Å².